The smallest absolute Gasteiger partial charge is 0.251 e. The quantitative estimate of drug-likeness (QED) is 0.482. The van der Waals surface area contributed by atoms with Gasteiger partial charge in [0, 0.05) is 36.3 Å². The van der Waals surface area contributed by atoms with E-state index in [1.165, 1.54) is 19.5 Å². The van der Waals surface area contributed by atoms with Gasteiger partial charge in [0.1, 0.15) is 0 Å². The molecule has 174 valence electrons. The Bertz CT molecular complexity index is 1050. The highest BCUT2D eigenvalue weighted by Crippen LogP contribution is 2.25. The molecule has 0 bridgehead atoms. The fourth-order valence-electron chi connectivity index (χ4n) is 4.74. The first-order valence-corrected chi connectivity index (χ1v) is 12.0. The number of amides is 1. The monoisotopic (exact) mass is 446 g/mol. The van der Waals surface area contributed by atoms with E-state index in [9.17, 15) is 4.79 Å². The first kappa shape index (κ1) is 23.2. The Balaban J connectivity index is 1.24. The molecule has 1 fully saturated rings. The summed E-state index contributed by atoms with van der Waals surface area (Å²) in [6, 6.07) is 15.3. The minimum absolute atomic E-state index is 0.0484. The van der Waals surface area contributed by atoms with E-state index in [0.717, 1.165) is 47.9 Å². The Morgan fingerprint density at radius 3 is 2.39 bits per heavy atom. The van der Waals surface area contributed by atoms with E-state index in [1.807, 2.05) is 43.3 Å². The normalized spacial score (nSPS) is 18.9. The number of likely N-dealkylation sites (tertiary alicyclic amines) is 1. The predicted octanol–water partition coefficient (Wildman–Crippen LogP) is 5.20. The summed E-state index contributed by atoms with van der Waals surface area (Å²) in [5.74, 6) is 2.46. The third-order valence-electron chi connectivity index (χ3n) is 6.22. The molecule has 1 saturated heterocycles. The number of carbonyl (C=O) groups excluding carboxylic acids is 1. The van der Waals surface area contributed by atoms with Crippen molar-refractivity contribution in [1.29, 1.82) is 0 Å². The number of carbonyl (C=O) groups is 1. The highest BCUT2D eigenvalue weighted by Gasteiger charge is 2.21. The average molecular weight is 447 g/mol. The lowest BCUT2D eigenvalue weighted by Gasteiger charge is -2.34. The standard InChI is InChI=1S/C27H34N4O2/c1-19-7-6-8-24(16-19)27-30-29-26(33-27)23-11-9-22(10-12-23)25(32)28-13-4-5-14-31-17-20(2)15-21(3)18-31/h6-12,16,20-21H,4-5,13-15,17-18H2,1-3H3,(H,28,32). The van der Waals surface area contributed by atoms with Crippen LogP contribution in [0.25, 0.3) is 22.9 Å². The molecular weight excluding hydrogens is 412 g/mol. The number of unbranched alkanes of at least 4 members (excludes halogenated alkanes) is 1. The molecule has 1 aliphatic rings. The lowest BCUT2D eigenvalue weighted by Crippen LogP contribution is -2.39. The highest BCUT2D eigenvalue weighted by atomic mass is 16.4. The number of aromatic nitrogens is 2. The van der Waals surface area contributed by atoms with Crippen LogP contribution in [0.5, 0.6) is 0 Å². The summed E-state index contributed by atoms with van der Waals surface area (Å²) in [7, 11) is 0. The van der Waals surface area contributed by atoms with Crippen LogP contribution in [0.2, 0.25) is 0 Å². The van der Waals surface area contributed by atoms with Gasteiger partial charge in [-0.15, -0.1) is 10.2 Å². The Morgan fingerprint density at radius 1 is 1.00 bits per heavy atom. The molecule has 1 aliphatic heterocycles. The van der Waals surface area contributed by atoms with Crippen LogP contribution >= 0.6 is 0 Å². The topological polar surface area (TPSA) is 71.3 Å². The maximum absolute atomic E-state index is 12.5. The van der Waals surface area contributed by atoms with E-state index in [-0.39, 0.29) is 5.91 Å². The molecule has 6 nitrogen and oxygen atoms in total. The van der Waals surface area contributed by atoms with Crippen LogP contribution in [-0.2, 0) is 0 Å². The van der Waals surface area contributed by atoms with Crippen molar-refractivity contribution < 1.29 is 9.21 Å². The van der Waals surface area contributed by atoms with E-state index in [1.54, 1.807) is 12.1 Å². The zero-order chi connectivity index (χ0) is 23.2. The summed E-state index contributed by atoms with van der Waals surface area (Å²) in [4.78, 5) is 15.1. The van der Waals surface area contributed by atoms with Crippen molar-refractivity contribution in [2.24, 2.45) is 11.8 Å². The Hall–Kier alpha value is -2.99. The minimum Gasteiger partial charge on any atom is -0.416 e. The summed E-state index contributed by atoms with van der Waals surface area (Å²) in [6.07, 6.45) is 3.44. The molecule has 0 radical (unpaired) electrons. The molecule has 2 heterocycles. The van der Waals surface area contributed by atoms with E-state index in [0.29, 0.717) is 23.9 Å². The third kappa shape index (κ3) is 6.29. The molecular formula is C27H34N4O2. The molecule has 1 aromatic heterocycles. The predicted molar refractivity (Wildman–Crippen MR) is 131 cm³/mol. The fourth-order valence-corrected chi connectivity index (χ4v) is 4.74. The molecule has 0 saturated carbocycles. The van der Waals surface area contributed by atoms with Crippen LogP contribution in [0.1, 0.15) is 49.0 Å². The van der Waals surface area contributed by atoms with Gasteiger partial charge >= 0.3 is 0 Å². The second-order valence-electron chi connectivity index (χ2n) is 9.53. The van der Waals surface area contributed by atoms with Gasteiger partial charge < -0.3 is 14.6 Å². The number of nitrogens with one attached hydrogen (secondary N) is 1. The second kappa shape index (κ2) is 10.8. The number of aryl methyl sites for hydroxylation is 1. The molecule has 1 N–H and O–H groups in total. The number of piperidine rings is 1. The summed E-state index contributed by atoms with van der Waals surface area (Å²) >= 11 is 0. The molecule has 6 heteroatoms. The number of hydrogen-bond acceptors (Lipinski definition) is 5. The van der Waals surface area contributed by atoms with Gasteiger partial charge in [0.2, 0.25) is 11.8 Å². The van der Waals surface area contributed by atoms with Crippen molar-refractivity contribution in [1.82, 2.24) is 20.4 Å². The molecule has 0 aliphatic carbocycles. The van der Waals surface area contributed by atoms with Gasteiger partial charge in [-0.25, -0.2) is 0 Å². The van der Waals surface area contributed by atoms with Crippen molar-refractivity contribution in [2.75, 3.05) is 26.2 Å². The Kier molecular flexibility index (Phi) is 7.55. The number of benzene rings is 2. The summed E-state index contributed by atoms with van der Waals surface area (Å²) in [6.45, 7) is 10.9. The van der Waals surface area contributed by atoms with Crippen LogP contribution in [0.3, 0.4) is 0 Å². The van der Waals surface area contributed by atoms with Gasteiger partial charge in [-0.05, 0) is 81.0 Å². The number of rotatable bonds is 8. The van der Waals surface area contributed by atoms with Crippen molar-refractivity contribution in [3.63, 3.8) is 0 Å². The fraction of sp³-hybridized carbons (Fsp3) is 0.444. The molecule has 33 heavy (non-hydrogen) atoms. The number of nitrogens with zero attached hydrogens (tertiary/aromatic N) is 3. The van der Waals surface area contributed by atoms with E-state index >= 15 is 0 Å². The maximum Gasteiger partial charge on any atom is 0.251 e. The van der Waals surface area contributed by atoms with Crippen molar-refractivity contribution in [2.45, 2.75) is 40.0 Å². The Labute approximate surface area is 196 Å². The summed E-state index contributed by atoms with van der Waals surface area (Å²) < 4.78 is 5.84. The second-order valence-corrected chi connectivity index (χ2v) is 9.53. The van der Waals surface area contributed by atoms with E-state index in [2.05, 4.69) is 34.3 Å². The van der Waals surface area contributed by atoms with Crippen LogP contribution in [-0.4, -0.2) is 47.2 Å². The van der Waals surface area contributed by atoms with Gasteiger partial charge in [-0.1, -0.05) is 31.5 Å². The van der Waals surface area contributed by atoms with Crippen LogP contribution in [0.4, 0.5) is 0 Å². The van der Waals surface area contributed by atoms with E-state index in [4.69, 9.17) is 4.42 Å². The SMILES string of the molecule is Cc1cccc(-c2nnc(-c3ccc(C(=O)NCCCCN4CC(C)CC(C)C4)cc3)o2)c1. The van der Waals surface area contributed by atoms with Gasteiger partial charge in [-0.3, -0.25) is 4.79 Å². The van der Waals surface area contributed by atoms with Crippen LogP contribution < -0.4 is 5.32 Å². The third-order valence-corrected chi connectivity index (χ3v) is 6.22. The molecule has 1 amide bonds. The zero-order valence-electron chi connectivity index (χ0n) is 19.9. The minimum atomic E-state index is -0.0484. The summed E-state index contributed by atoms with van der Waals surface area (Å²) in [5.41, 5.74) is 3.46. The lowest BCUT2D eigenvalue weighted by atomic mass is 9.92. The summed E-state index contributed by atoms with van der Waals surface area (Å²) in [5, 5.41) is 11.4. The first-order valence-electron chi connectivity index (χ1n) is 12.0. The average Bonchev–Trinajstić information content (AvgIpc) is 3.29. The van der Waals surface area contributed by atoms with Crippen LogP contribution in [0.15, 0.2) is 52.9 Å². The molecule has 2 unspecified atom stereocenters. The molecule has 2 atom stereocenters. The molecule has 4 rings (SSSR count). The molecule has 2 aromatic carbocycles. The largest absolute Gasteiger partial charge is 0.416 e. The maximum atomic E-state index is 12.5. The highest BCUT2D eigenvalue weighted by molar-refractivity contribution is 5.94. The lowest BCUT2D eigenvalue weighted by molar-refractivity contribution is 0.0951. The zero-order valence-corrected chi connectivity index (χ0v) is 19.9. The van der Waals surface area contributed by atoms with Crippen molar-refractivity contribution in [3.8, 4) is 22.9 Å². The van der Waals surface area contributed by atoms with Gasteiger partial charge in [0.05, 0.1) is 0 Å². The van der Waals surface area contributed by atoms with Gasteiger partial charge in [-0.2, -0.15) is 0 Å². The molecule has 0 spiro atoms. The molecule has 3 aromatic rings. The van der Waals surface area contributed by atoms with Gasteiger partial charge in [0.15, 0.2) is 0 Å². The van der Waals surface area contributed by atoms with Gasteiger partial charge in [0.25, 0.3) is 5.91 Å². The van der Waals surface area contributed by atoms with E-state index < -0.39 is 0 Å². The first-order chi connectivity index (χ1) is 16.0. The number of hydrogen-bond donors (Lipinski definition) is 1. The Morgan fingerprint density at radius 2 is 1.70 bits per heavy atom. The van der Waals surface area contributed by atoms with Crippen molar-refractivity contribution >= 4 is 5.91 Å². The van der Waals surface area contributed by atoms with Crippen LogP contribution in [0, 0.1) is 18.8 Å². The van der Waals surface area contributed by atoms with Crippen molar-refractivity contribution in [3.05, 3.63) is 59.7 Å².